The molecule has 1 fully saturated rings. The Hall–Kier alpha value is -4.10. The summed E-state index contributed by atoms with van der Waals surface area (Å²) in [5, 5.41) is 31.4. The summed E-state index contributed by atoms with van der Waals surface area (Å²) in [6.45, 7) is 5.76. The number of aliphatic hydroxyl groups excluding tert-OH is 2. The molecule has 73 heavy (non-hydrogen) atoms. The van der Waals surface area contributed by atoms with Gasteiger partial charge >= 0.3 is 23.9 Å². The lowest BCUT2D eigenvalue weighted by Gasteiger charge is -2.40. The molecule has 0 amide bonds. The molecule has 0 radical (unpaired) electrons. The Labute approximate surface area is 441 Å². The van der Waals surface area contributed by atoms with Crippen molar-refractivity contribution in [2.45, 2.75) is 263 Å². The molecule has 1 rings (SSSR count). The smallest absolute Gasteiger partial charge is 0.335 e. The van der Waals surface area contributed by atoms with E-state index in [2.05, 4.69) is 106 Å². The standard InChI is InChI=1S/C61H100O12/c1-4-7-10-13-16-19-22-24-26-27-29-30-33-35-38-41-44-47-53(62)69-50-52(71-54(63)48-45-42-39-36-32-21-18-15-12-9-6-3)51-70-61-59(57(66)56(65)58(73-61)60(67)68)72-55(64)49-46-43-40-37-34-31-28-25-23-20-17-14-11-8-5-2/h7,10,15-20,24-26,28-30,52,56-59,61,65-66H,4-6,8-9,11-14,21-23,27,31-51H2,1-3H3,(H,67,68)/b10-7-,18-15-,19-16-,20-17-,26-24-,28-25-,30-29-. The molecule has 0 aliphatic carbocycles. The van der Waals surface area contributed by atoms with Crippen LogP contribution in [-0.2, 0) is 42.9 Å². The maximum atomic E-state index is 13.1. The average Bonchev–Trinajstić information content (AvgIpc) is 3.37. The van der Waals surface area contributed by atoms with E-state index in [1.54, 1.807) is 0 Å². The SMILES string of the molecule is CC/C=C\C/C=C\C/C=C\C/C=C\CCCCCCC(=O)OCC(COC1OC(C(=O)O)C(O)C(O)C1OC(=O)CCCCCCC/C=C\C/C=C\CCCCC)OC(=O)CCCCCCC/C=C\CCCC. The molecule has 12 heteroatoms. The van der Waals surface area contributed by atoms with Crippen LogP contribution >= 0.6 is 0 Å². The molecule has 1 heterocycles. The van der Waals surface area contributed by atoms with Crippen molar-refractivity contribution in [1.82, 2.24) is 0 Å². The van der Waals surface area contributed by atoms with Gasteiger partial charge < -0.3 is 39.0 Å². The highest BCUT2D eigenvalue weighted by Gasteiger charge is 2.50. The van der Waals surface area contributed by atoms with Crippen molar-refractivity contribution >= 4 is 23.9 Å². The zero-order valence-corrected chi connectivity index (χ0v) is 45.6. The molecular formula is C61H100O12. The fourth-order valence-electron chi connectivity index (χ4n) is 8.02. The van der Waals surface area contributed by atoms with Gasteiger partial charge in [-0.25, -0.2) is 4.79 Å². The number of aliphatic carboxylic acids is 1. The second-order valence-electron chi connectivity index (χ2n) is 19.2. The van der Waals surface area contributed by atoms with Gasteiger partial charge in [-0.05, 0) is 109 Å². The number of unbranched alkanes of at least 4 members (excludes halogenated alkanes) is 19. The Kier molecular flexibility index (Phi) is 44.7. The molecule has 1 aliphatic rings. The van der Waals surface area contributed by atoms with Crippen molar-refractivity contribution in [3.05, 3.63) is 85.1 Å². The van der Waals surface area contributed by atoms with E-state index in [9.17, 15) is 34.5 Å². The first-order valence-corrected chi connectivity index (χ1v) is 28.6. The van der Waals surface area contributed by atoms with E-state index in [0.29, 0.717) is 19.3 Å². The van der Waals surface area contributed by atoms with E-state index in [4.69, 9.17) is 23.7 Å². The van der Waals surface area contributed by atoms with E-state index in [0.717, 1.165) is 135 Å². The molecule has 6 atom stereocenters. The Morgan fingerprint density at radius 1 is 0.466 bits per heavy atom. The number of esters is 3. The molecule has 1 saturated heterocycles. The number of aliphatic hydroxyl groups is 2. The van der Waals surface area contributed by atoms with Crippen LogP contribution < -0.4 is 0 Å². The minimum Gasteiger partial charge on any atom is -0.479 e. The number of carboxylic acids is 1. The Bertz CT molecular complexity index is 1590. The minimum absolute atomic E-state index is 0.0382. The van der Waals surface area contributed by atoms with Crippen LogP contribution in [0.5, 0.6) is 0 Å². The highest BCUT2D eigenvalue weighted by Crippen LogP contribution is 2.26. The summed E-state index contributed by atoms with van der Waals surface area (Å²) in [4.78, 5) is 51.0. The molecule has 416 valence electrons. The number of carboxylic acid groups (broad SMARTS) is 1. The van der Waals surface area contributed by atoms with E-state index < -0.39 is 67.3 Å². The topological polar surface area (TPSA) is 175 Å². The fraction of sp³-hybridized carbons (Fsp3) is 0.705. The summed E-state index contributed by atoms with van der Waals surface area (Å²) in [5.41, 5.74) is 0. The number of carbonyl (C=O) groups is 4. The summed E-state index contributed by atoms with van der Waals surface area (Å²) < 4.78 is 28.3. The Balaban J connectivity index is 2.72. The van der Waals surface area contributed by atoms with E-state index in [1.807, 2.05) is 0 Å². The third-order valence-corrected chi connectivity index (χ3v) is 12.4. The molecule has 0 saturated carbocycles. The number of carbonyl (C=O) groups excluding carboxylic acids is 3. The van der Waals surface area contributed by atoms with Crippen molar-refractivity contribution in [1.29, 1.82) is 0 Å². The van der Waals surface area contributed by atoms with E-state index >= 15 is 0 Å². The van der Waals surface area contributed by atoms with Crippen LogP contribution in [0.3, 0.4) is 0 Å². The molecular weight excluding hydrogens is 925 g/mol. The molecule has 0 bridgehead atoms. The number of ether oxygens (including phenoxy) is 5. The monoisotopic (exact) mass is 1020 g/mol. The molecule has 0 aromatic carbocycles. The highest BCUT2D eigenvalue weighted by atomic mass is 16.7. The van der Waals surface area contributed by atoms with E-state index in [-0.39, 0.29) is 25.9 Å². The van der Waals surface area contributed by atoms with Gasteiger partial charge in [0.05, 0.1) is 6.61 Å². The van der Waals surface area contributed by atoms with Gasteiger partial charge in [0.2, 0.25) is 0 Å². The second-order valence-corrected chi connectivity index (χ2v) is 19.2. The van der Waals surface area contributed by atoms with Gasteiger partial charge in [-0.3, -0.25) is 14.4 Å². The highest BCUT2D eigenvalue weighted by molar-refractivity contribution is 5.74. The van der Waals surface area contributed by atoms with Crippen LogP contribution in [0.1, 0.15) is 226 Å². The van der Waals surface area contributed by atoms with Crippen molar-refractivity contribution in [3.8, 4) is 0 Å². The quantitative estimate of drug-likeness (QED) is 0.0228. The number of rotatable bonds is 47. The fourth-order valence-corrected chi connectivity index (χ4v) is 8.02. The lowest BCUT2D eigenvalue weighted by atomic mass is 9.98. The van der Waals surface area contributed by atoms with Crippen LogP contribution in [0.15, 0.2) is 85.1 Å². The van der Waals surface area contributed by atoms with Crippen LogP contribution in [0.25, 0.3) is 0 Å². The van der Waals surface area contributed by atoms with Gasteiger partial charge in [0.1, 0.15) is 18.8 Å². The van der Waals surface area contributed by atoms with Gasteiger partial charge in [-0.15, -0.1) is 0 Å². The normalized spacial score (nSPS) is 18.9. The summed E-state index contributed by atoms with van der Waals surface area (Å²) >= 11 is 0. The van der Waals surface area contributed by atoms with Gasteiger partial charge in [0.25, 0.3) is 0 Å². The molecule has 3 N–H and O–H groups in total. The van der Waals surface area contributed by atoms with Gasteiger partial charge in [-0.1, -0.05) is 183 Å². The number of hydrogen-bond acceptors (Lipinski definition) is 11. The van der Waals surface area contributed by atoms with Crippen molar-refractivity contribution in [2.24, 2.45) is 0 Å². The molecule has 12 nitrogen and oxygen atoms in total. The van der Waals surface area contributed by atoms with Gasteiger partial charge in [0, 0.05) is 19.3 Å². The zero-order valence-electron chi connectivity index (χ0n) is 45.6. The molecule has 1 aliphatic heterocycles. The summed E-state index contributed by atoms with van der Waals surface area (Å²) in [5.74, 6) is -3.19. The predicted octanol–water partition coefficient (Wildman–Crippen LogP) is 14.3. The third kappa shape index (κ3) is 39.0. The first-order valence-electron chi connectivity index (χ1n) is 28.6. The van der Waals surface area contributed by atoms with Crippen molar-refractivity contribution in [3.63, 3.8) is 0 Å². The molecule has 6 unspecified atom stereocenters. The maximum absolute atomic E-state index is 13.1. The Morgan fingerprint density at radius 2 is 0.877 bits per heavy atom. The van der Waals surface area contributed by atoms with Crippen LogP contribution in [0.2, 0.25) is 0 Å². The predicted molar refractivity (Wildman–Crippen MR) is 294 cm³/mol. The third-order valence-electron chi connectivity index (χ3n) is 12.4. The van der Waals surface area contributed by atoms with E-state index in [1.165, 1.54) is 32.1 Å². The van der Waals surface area contributed by atoms with Crippen LogP contribution in [0, 0.1) is 0 Å². The molecule has 0 aromatic heterocycles. The summed E-state index contributed by atoms with van der Waals surface area (Å²) in [6, 6.07) is 0. The number of allylic oxidation sites excluding steroid dienone is 14. The van der Waals surface area contributed by atoms with Gasteiger partial charge in [0.15, 0.2) is 24.6 Å². The van der Waals surface area contributed by atoms with Crippen molar-refractivity contribution < 1.29 is 58.2 Å². The first-order chi connectivity index (χ1) is 35.6. The average molecular weight is 1030 g/mol. The van der Waals surface area contributed by atoms with Crippen LogP contribution in [-0.4, -0.2) is 89.2 Å². The molecule has 0 aromatic rings. The largest absolute Gasteiger partial charge is 0.479 e. The van der Waals surface area contributed by atoms with Crippen LogP contribution in [0.4, 0.5) is 0 Å². The molecule has 0 spiro atoms. The lowest BCUT2D eigenvalue weighted by Crippen LogP contribution is -2.61. The zero-order chi connectivity index (χ0) is 53.3. The maximum Gasteiger partial charge on any atom is 0.335 e. The number of hydrogen-bond donors (Lipinski definition) is 3. The summed E-state index contributed by atoms with van der Waals surface area (Å²) in [7, 11) is 0. The first kappa shape index (κ1) is 66.9. The Morgan fingerprint density at radius 3 is 1.37 bits per heavy atom. The second kappa shape index (κ2) is 48.8. The van der Waals surface area contributed by atoms with Gasteiger partial charge in [-0.2, -0.15) is 0 Å². The minimum atomic E-state index is -1.91. The van der Waals surface area contributed by atoms with Crippen molar-refractivity contribution in [2.75, 3.05) is 13.2 Å². The summed E-state index contributed by atoms with van der Waals surface area (Å²) in [6.07, 6.45) is 49.8. The lowest BCUT2D eigenvalue weighted by molar-refractivity contribution is -0.301.